The molecule has 0 spiro atoms. The summed E-state index contributed by atoms with van der Waals surface area (Å²) in [5.74, 6) is 1.38. The third kappa shape index (κ3) is 2.93. The van der Waals surface area contributed by atoms with Crippen molar-refractivity contribution in [1.29, 1.82) is 0 Å². The Balaban J connectivity index is 1.63. The summed E-state index contributed by atoms with van der Waals surface area (Å²) < 4.78 is 5.67. The fourth-order valence-corrected chi connectivity index (χ4v) is 2.47. The van der Waals surface area contributed by atoms with Gasteiger partial charge in [0.25, 0.3) is 5.91 Å². The van der Waals surface area contributed by atoms with E-state index in [0.717, 1.165) is 16.5 Å². The van der Waals surface area contributed by atoms with Gasteiger partial charge in [-0.2, -0.15) is 0 Å². The van der Waals surface area contributed by atoms with E-state index in [2.05, 4.69) is 12.2 Å². The third-order valence-electron chi connectivity index (χ3n) is 3.83. The van der Waals surface area contributed by atoms with Gasteiger partial charge in [-0.25, -0.2) is 0 Å². The summed E-state index contributed by atoms with van der Waals surface area (Å²) >= 11 is 0. The van der Waals surface area contributed by atoms with E-state index in [9.17, 15) is 4.79 Å². The Morgan fingerprint density at radius 1 is 1.25 bits per heavy atom. The quantitative estimate of drug-likeness (QED) is 0.905. The molecule has 1 amide bonds. The highest BCUT2D eigenvalue weighted by atomic mass is 16.5. The minimum atomic E-state index is -0.0441. The van der Waals surface area contributed by atoms with E-state index >= 15 is 0 Å². The van der Waals surface area contributed by atoms with E-state index < -0.39 is 0 Å². The van der Waals surface area contributed by atoms with Gasteiger partial charge in [0.15, 0.2) is 6.61 Å². The minimum Gasteiger partial charge on any atom is -0.483 e. The Hall–Kier alpha value is -2.03. The van der Waals surface area contributed by atoms with Crippen LogP contribution in [0.1, 0.15) is 19.8 Å². The Kier molecular flexibility index (Phi) is 3.59. The highest BCUT2D eigenvalue weighted by Gasteiger charge is 2.28. The second kappa shape index (κ2) is 5.53. The molecule has 1 saturated carbocycles. The van der Waals surface area contributed by atoms with Crippen LogP contribution >= 0.6 is 0 Å². The zero-order chi connectivity index (χ0) is 13.9. The molecule has 0 aromatic heterocycles. The van der Waals surface area contributed by atoms with Crippen LogP contribution in [0, 0.1) is 5.92 Å². The predicted octanol–water partition coefficient (Wildman–Crippen LogP) is 3.13. The van der Waals surface area contributed by atoms with Crippen LogP contribution in [0.4, 0.5) is 0 Å². The SMILES string of the molecule is C[C@H](NC(=O)COc1cccc2ccccc12)C1CC1. The number of rotatable bonds is 5. The molecule has 20 heavy (non-hydrogen) atoms. The highest BCUT2D eigenvalue weighted by Crippen LogP contribution is 2.32. The molecule has 1 atom stereocenters. The first-order valence-electron chi connectivity index (χ1n) is 7.14. The average molecular weight is 269 g/mol. The van der Waals surface area contributed by atoms with E-state index in [0.29, 0.717) is 5.92 Å². The second-order valence-electron chi connectivity index (χ2n) is 5.46. The molecule has 3 nitrogen and oxygen atoms in total. The summed E-state index contributed by atoms with van der Waals surface area (Å²) in [6.07, 6.45) is 2.46. The molecule has 0 heterocycles. The summed E-state index contributed by atoms with van der Waals surface area (Å²) in [6, 6.07) is 14.2. The molecule has 2 aromatic carbocycles. The molecule has 0 aliphatic heterocycles. The Morgan fingerprint density at radius 2 is 2.00 bits per heavy atom. The fraction of sp³-hybridized carbons (Fsp3) is 0.353. The van der Waals surface area contributed by atoms with Gasteiger partial charge in [0.1, 0.15) is 5.75 Å². The number of benzene rings is 2. The summed E-state index contributed by atoms with van der Waals surface area (Å²) in [7, 11) is 0. The zero-order valence-corrected chi connectivity index (χ0v) is 11.6. The van der Waals surface area contributed by atoms with Gasteiger partial charge in [0, 0.05) is 11.4 Å². The molecule has 1 N–H and O–H groups in total. The standard InChI is InChI=1S/C17H19NO2/c1-12(13-9-10-13)18-17(19)11-20-16-8-4-6-14-5-2-3-7-15(14)16/h2-8,12-13H,9-11H2,1H3,(H,18,19)/t12-/m0/s1. The van der Waals surface area contributed by atoms with Gasteiger partial charge in [-0.15, -0.1) is 0 Å². The zero-order valence-electron chi connectivity index (χ0n) is 11.6. The number of nitrogens with one attached hydrogen (secondary N) is 1. The topological polar surface area (TPSA) is 38.3 Å². The van der Waals surface area contributed by atoms with Crippen LogP contribution in [-0.4, -0.2) is 18.6 Å². The van der Waals surface area contributed by atoms with Crippen molar-refractivity contribution in [3.63, 3.8) is 0 Å². The number of amides is 1. The lowest BCUT2D eigenvalue weighted by Crippen LogP contribution is -2.37. The number of ether oxygens (including phenoxy) is 1. The van der Waals surface area contributed by atoms with Crippen LogP contribution < -0.4 is 10.1 Å². The lowest BCUT2D eigenvalue weighted by Gasteiger charge is -2.14. The molecule has 104 valence electrons. The fourth-order valence-electron chi connectivity index (χ4n) is 2.47. The van der Waals surface area contributed by atoms with Crippen LogP contribution in [0.3, 0.4) is 0 Å². The first kappa shape index (κ1) is 13.0. The van der Waals surface area contributed by atoms with Crippen molar-refractivity contribution >= 4 is 16.7 Å². The van der Waals surface area contributed by atoms with Crippen molar-refractivity contribution < 1.29 is 9.53 Å². The molecule has 0 saturated heterocycles. The Bertz CT molecular complexity index is 614. The highest BCUT2D eigenvalue weighted by molar-refractivity contribution is 5.88. The molecular weight excluding hydrogens is 250 g/mol. The maximum atomic E-state index is 11.9. The number of fused-ring (bicyclic) bond motifs is 1. The van der Waals surface area contributed by atoms with Crippen LogP contribution in [0.15, 0.2) is 42.5 Å². The molecule has 0 radical (unpaired) electrons. The molecule has 1 aliphatic carbocycles. The molecule has 2 aromatic rings. The van der Waals surface area contributed by atoms with Crippen LogP contribution in [-0.2, 0) is 4.79 Å². The van der Waals surface area contributed by atoms with Crippen molar-refractivity contribution in [3.05, 3.63) is 42.5 Å². The van der Waals surface area contributed by atoms with Gasteiger partial charge in [-0.3, -0.25) is 4.79 Å². The van der Waals surface area contributed by atoms with E-state index in [1.165, 1.54) is 12.8 Å². The van der Waals surface area contributed by atoms with Gasteiger partial charge >= 0.3 is 0 Å². The maximum Gasteiger partial charge on any atom is 0.258 e. The number of hydrogen-bond donors (Lipinski definition) is 1. The van der Waals surface area contributed by atoms with E-state index in [-0.39, 0.29) is 18.6 Å². The van der Waals surface area contributed by atoms with Gasteiger partial charge in [-0.05, 0) is 37.1 Å². The van der Waals surface area contributed by atoms with Crippen molar-refractivity contribution in [3.8, 4) is 5.75 Å². The van der Waals surface area contributed by atoms with Crippen LogP contribution in [0.5, 0.6) is 5.75 Å². The van der Waals surface area contributed by atoms with E-state index in [1.54, 1.807) is 0 Å². The van der Waals surface area contributed by atoms with E-state index in [1.807, 2.05) is 42.5 Å². The first-order chi connectivity index (χ1) is 9.74. The summed E-state index contributed by atoms with van der Waals surface area (Å²) in [5.41, 5.74) is 0. The molecule has 3 heteroatoms. The van der Waals surface area contributed by atoms with Crippen LogP contribution in [0.2, 0.25) is 0 Å². The van der Waals surface area contributed by atoms with Gasteiger partial charge in [0.2, 0.25) is 0 Å². The third-order valence-corrected chi connectivity index (χ3v) is 3.83. The lowest BCUT2D eigenvalue weighted by molar-refractivity contribution is -0.123. The molecule has 0 unspecified atom stereocenters. The Morgan fingerprint density at radius 3 is 2.80 bits per heavy atom. The first-order valence-corrected chi connectivity index (χ1v) is 7.14. The largest absolute Gasteiger partial charge is 0.483 e. The van der Waals surface area contributed by atoms with Gasteiger partial charge in [-0.1, -0.05) is 36.4 Å². The van der Waals surface area contributed by atoms with Crippen molar-refractivity contribution in [1.82, 2.24) is 5.32 Å². The average Bonchev–Trinajstić information content (AvgIpc) is 3.29. The van der Waals surface area contributed by atoms with Crippen LogP contribution in [0.25, 0.3) is 10.8 Å². The predicted molar refractivity (Wildman–Crippen MR) is 79.8 cm³/mol. The van der Waals surface area contributed by atoms with E-state index in [4.69, 9.17) is 4.74 Å². The second-order valence-corrected chi connectivity index (χ2v) is 5.46. The molecule has 1 fully saturated rings. The number of carbonyl (C=O) groups is 1. The molecule has 1 aliphatic rings. The molecule has 3 rings (SSSR count). The number of carbonyl (C=O) groups excluding carboxylic acids is 1. The summed E-state index contributed by atoms with van der Waals surface area (Å²) in [6.45, 7) is 2.14. The normalized spacial score (nSPS) is 15.8. The van der Waals surface area contributed by atoms with Gasteiger partial charge < -0.3 is 10.1 Å². The summed E-state index contributed by atoms with van der Waals surface area (Å²) in [4.78, 5) is 11.9. The Labute approximate surface area is 118 Å². The smallest absolute Gasteiger partial charge is 0.258 e. The van der Waals surface area contributed by atoms with Crippen molar-refractivity contribution in [2.24, 2.45) is 5.92 Å². The van der Waals surface area contributed by atoms with Gasteiger partial charge in [0.05, 0.1) is 0 Å². The molecular formula is C17H19NO2. The van der Waals surface area contributed by atoms with Crippen molar-refractivity contribution in [2.75, 3.05) is 6.61 Å². The van der Waals surface area contributed by atoms with Crippen molar-refractivity contribution in [2.45, 2.75) is 25.8 Å². The monoisotopic (exact) mass is 269 g/mol. The maximum absolute atomic E-state index is 11.9. The minimum absolute atomic E-state index is 0.0441. The molecule has 0 bridgehead atoms. The lowest BCUT2D eigenvalue weighted by atomic mass is 10.1. The summed E-state index contributed by atoms with van der Waals surface area (Å²) in [5, 5.41) is 5.16. The number of hydrogen-bond acceptors (Lipinski definition) is 2.